The molecule has 1 atom stereocenters. The van der Waals surface area contributed by atoms with Gasteiger partial charge in [0.2, 0.25) is 5.91 Å². The van der Waals surface area contributed by atoms with Crippen LogP contribution in [0.5, 0.6) is 0 Å². The Morgan fingerprint density at radius 3 is 2.63 bits per heavy atom. The number of nitrogens with one attached hydrogen (secondary N) is 2. The molecule has 0 saturated heterocycles. The van der Waals surface area contributed by atoms with E-state index < -0.39 is 11.5 Å². The van der Waals surface area contributed by atoms with Crippen LogP contribution in [0.15, 0.2) is 45.8 Å². The second-order valence-corrected chi connectivity index (χ2v) is 6.30. The molecule has 0 aliphatic heterocycles. The van der Waals surface area contributed by atoms with E-state index >= 15 is 0 Å². The third kappa shape index (κ3) is 6.87. The van der Waals surface area contributed by atoms with E-state index in [4.69, 9.17) is 10.2 Å². The van der Waals surface area contributed by atoms with Crippen molar-refractivity contribution in [2.75, 3.05) is 13.1 Å². The first-order valence-electron chi connectivity index (χ1n) is 8.52. The fourth-order valence-corrected chi connectivity index (χ4v) is 2.40. The van der Waals surface area contributed by atoms with Crippen molar-refractivity contribution >= 4 is 35.8 Å². The Morgan fingerprint density at radius 2 is 2.04 bits per heavy atom. The molecule has 5 N–H and O–H groups in total. The zero-order valence-electron chi connectivity index (χ0n) is 15.8. The van der Waals surface area contributed by atoms with Crippen molar-refractivity contribution in [1.29, 1.82) is 0 Å². The molecule has 0 bridgehead atoms. The van der Waals surface area contributed by atoms with Crippen LogP contribution < -0.4 is 16.4 Å². The average molecular weight is 486 g/mol. The molecule has 1 heterocycles. The predicted octanol–water partition coefficient (Wildman–Crippen LogP) is 2.27. The maximum atomic E-state index is 11.3. The lowest BCUT2D eigenvalue weighted by atomic mass is 10.0. The summed E-state index contributed by atoms with van der Waals surface area (Å²) in [5, 5.41) is 16.8. The van der Waals surface area contributed by atoms with E-state index in [9.17, 15) is 9.90 Å². The Labute approximate surface area is 176 Å². The molecule has 0 aliphatic rings. The highest BCUT2D eigenvalue weighted by atomic mass is 127. The van der Waals surface area contributed by atoms with Gasteiger partial charge >= 0.3 is 0 Å². The number of aliphatic hydroxyl groups is 1. The number of primary amides is 1. The molecule has 1 aromatic carbocycles. The summed E-state index contributed by atoms with van der Waals surface area (Å²) in [5.41, 5.74) is 5.45. The first-order valence-corrected chi connectivity index (χ1v) is 8.52. The van der Waals surface area contributed by atoms with Gasteiger partial charge in [-0.25, -0.2) is 4.99 Å². The van der Waals surface area contributed by atoms with Crippen LogP contribution in [0.25, 0.3) is 0 Å². The molecule has 2 rings (SSSR count). The molecule has 1 aromatic heterocycles. The van der Waals surface area contributed by atoms with Gasteiger partial charge in [-0.3, -0.25) is 4.79 Å². The van der Waals surface area contributed by atoms with Gasteiger partial charge in [0, 0.05) is 12.1 Å². The summed E-state index contributed by atoms with van der Waals surface area (Å²) in [6, 6.07) is 10.6. The number of benzene rings is 1. The minimum atomic E-state index is -1.17. The molecule has 0 saturated carbocycles. The van der Waals surface area contributed by atoms with Gasteiger partial charge in [0.25, 0.3) is 0 Å². The lowest BCUT2D eigenvalue weighted by molar-refractivity contribution is 0.0378. The van der Waals surface area contributed by atoms with Crippen molar-refractivity contribution in [3.8, 4) is 0 Å². The maximum Gasteiger partial charge on any atom is 0.248 e. The Balaban J connectivity index is 0.00000364. The second-order valence-electron chi connectivity index (χ2n) is 6.30. The molecule has 0 aliphatic carbocycles. The number of aryl methyl sites for hydroxylation is 1. The summed E-state index contributed by atoms with van der Waals surface area (Å²) < 4.78 is 5.51. The fourth-order valence-electron chi connectivity index (χ4n) is 2.40. The fraction of sp³-hybridized carbons (Fsp3) is 0.368. The topological polar surface area (TPSA) is 113 Å². The van der Waals surface area contributed by atoms with E-state index in [0.29, 0.717) is 30.4 Å². The molecule has 27 heavy (non-hydrogen) atoms. The number of carbonyl (C=O) groups excluding carboxylic acids is 1. The number of nitrogens with two attached hydrogens (primary N) is 1. The van der Waals surface area contributed by atoms with Gasteiger partial charge in [0.1, 0.15) is 17.1 Å². The highest BCUT2D eigenvalue weighted by Gasteiger charge is 2.27. The number of halogens is 1. The third-order valence-electron chi connectivity index (χ3n) is 3.85. The quantitative estimate of drug-likeness (QED) is 0.273. The molecule has 0 radical (unpaired) electrons. The number of rotatable bonds is 7. The highest BCUT2D eigenvalue weighted by molar-refractivity contribution is 14.0. The van der Waals surface area contributed by atoms with Crippen molar-refractivity contribution in [2.24, 2.45) is 10.7 Å². The molecule has 1 unspecified atom stereocenters. The third-order valence-corrected chi connectivity index (χ3v) is 3.85. The van der Waals surface area contributed by atoms with Gasteiger partial charge in [-0.15, -0.1) is 24.0 Å². The van der Waals surface area contributed by atoms with E-state index in [1.807, 2.05) is 26.0 Å². The van der Waals surface area contributed by atoms with Crippen molar-refractivity contribution in [3.63, 3.8) is 0 Å². The minimum Gasteiger partial charge on any atom is -0.463 e. The highest BCUT2D eigenvalue weighted by Crippen LogP contribution is 2.21. The maximum absolute atomic E-state index is 11.3. The van der Waals surface area contributed by atoms with Gasteiger partial charge < -0.3 is 25.9 Å². The minimum absolute atomic E-state index is 0. The zero-order valence-corrected chi connectivity index (χ0v) is 18.1. The Bertz CT molecular complexity index is 787. The van der Waals surface area contributed by atoms with E-state index in [2.05, 4.69) is 15.6 Å². The molecule has 8 heteroatoms. The lowest BCUT2D eigenvalue weighted by Gasteiger charge is -2.22. The molecule has 7 nitrogen and oxygen atoms in total. The largest absolute Gasteiger partial charge is 0.463 e. The van der Waals surface area contributed by atoms with Crippen molar-refractivity contribution in [3.05, 3.63) is 59.0 Å². The zero-order chi connectivity index (χ0) is 19.2. The van der Waals surface area contributed by atoms with Crippen LogP contribution in [0.4, 0.5) is 0 Å². The number of nitrogens with zero attached hydrogens (tertiary/aromatic N) is 1. The summed E-state index contributed by atoms with van der Waals surface area (Å²) in [5.74, 6) is 1.33. The van der Waals surface area contributed by atoms with E-state index in [-0.39, 0.29) is 30.5 Å². The first-order chi connectivity index (χ1) is 12.3. The van der Waals surface area contributed by atoms with Gasteiger partial charge in [-0.2, -0.15) is 0 Å². The number of amides is 1. The molecule has 0 spiro atoms. The Hall–Kier alpha value is -2.07. The molecule has 0 fully saturated rings. The van der Waals surface area contributed by atoms with Crippen LogP contribution in [-0.4, -0.2) is 30.1 Å². The summed E-state index contributed by atoms with van der Waals surface area (Å²) in [7, 11) is 0. The second kappa shape index (κ2) is 10.3. The van der Waals surface area contributed by atoms with Crippen LogP contribution >= 0.6 is 24.0 Å². The predicted molar refractivity (Wildman–Crippen MR) is 116 cm³/mol. The lowest BCUT2D eigenvalue weighted by Crippen LogP contribution is -2.44. The smallest absolute Gasteiger partial charge is 0.248 e. The van der Waals surface area contributed by atoms with Crippen LogP contribution in [0.2, 0.25) is 0 Å². The van der Waals surface area contributed by atoms with Crippen molar-refractivity contribution in [1.82, 2.24) is 10.6 Å². The van der Waals surface area contributed by atoms with E-state index in [1.165, 1.54) is 0 Å². The molecule has 148 valence electrons. The summed E-state index contributed by atoms with van der Waals surface area (Å²) in [6.45, 7) is 6.75. The number of guanidine groups is 1. The standard InChI is InChI=1S/C19H26N4O3.HI/c1-4-21-18(22-11-14-6-5-7-15(10-14)17(20)24)23-12-19(3,25)16-9-8-13(2)26-16;/h5-10,25H,4,11-12H2,1-3H3,(H2,20,24)(H2,21,22,23);1H. The summed E-state index contributed by atoms with van der Waals surface area (Å²) in [4.78, 5) is 15.8. The molecule has 1 amide bonds. The number of aliphatic imine (C=N–C) groups is 1. The number of furan rings is 1. The molecular formula is C19H27IN4O3. The monoisotopic (exact) mass is 486 g/mol. The van der Waals surface area contributed by atoms with Crippen LogP contribution in [0, 0.1) is 6.92 Å². The summed E-state index contributed by atoms with van der Waals surface area (Å²) in [6.07, 6.45) is 0. The Morgan fingerprint density at radius 1 is 1.30 bits per heavy atom. The van der Waals surface area contributed by atoms with Gasteiger partial charge in [0.05, 0.1) is 13.1 Å². The van der Waals surface area contributed by atoms with Crippen LogP contribution in [-0.2, 0) is 12.1 Å². The molecule has 2 aromatic rings. The molecular weight excluding hydrogens is 459 g/mol. The Kier molecular flexibility index (Phi) is 8.77. The SMILES string of the molecule is CCNC(=NCc1cccc(C(N)=O)c1)NCC(C)(O)c1ccc(C)o1.I. The number of carbonyl (C=O) groups is 1. The van der Waals surface area contributed by atoms with Gasteiger partial charge in [-0.05, 0) is 50.6 Å². The van der Waals surface area contributed by atoms with Gasteiger partial charge in [0.15, 0.2) is 5.96 Å². The van der Waals surface area contributed by atoms with Crippen LogP contribution in [0.1, 0.15) is 41.3 Å². The first kappa shape index (κ1) is 23.0. The van der Waals surface area contributed by atoms with Crippen molar-refractivity contribution in [2.45, 2.75) is 32.9 Å². The average Bonchev–Trinajstić information content (AvgIpc) is 3.05. The summed E-state index contributed by atoms with van der Waals surface area (Å²) >= 11 is 0. The normalized spacial score (nSPS) is 13.4. The number of hydrogen-bond donors (Lipinski definition) is 4. The van der Waals surface area contributed by atoms with E-state index in [0.717, 1.165) is 11.3 Å². The number of hydrogen-bond acceptors (Lipinski definition) is 4. The van der Waals surface area contributed by atoms with Crippen LogP contribution in [0.3, 0.4) is 0 Å². The van der Waals surface area contributed by atoms with Crippen molar-refractivity contribution < 1.29 is 14.3 Å². The van der Waals surface area contributed by atoms with E-state index in [1.54, 1.807) is 31.2 Å². The van der Waals surface area contributed by atoms with Gasteiger partial charge in [-0.1, -0.05) is 12.1 Å².